The molecular weight excluding hydrogens is 335 g/mol. The van der Waals surface area contributed by atoms with E-state index in [9.17, 15) is 0 Å². The molecule has 0 aliphatic heterocycles. The molecule has 82 valence electrons. The first kappa shape index (κ1) is 15.2. The van der Waals surface area contributed by atoms with E-state index in [1.54, 1.807) is 31.4 Å². The molecule has 0 spiro atoms. The number of rotatable bonds is 1. The zero-order valence-electron chi connectivity index (χ0n) is 7.83. The van der Waals surface area contributed by atoms with E-state index in [1.807, 2.05) is 0 Å². The van der Waals surface area contributed by atoms with E-state index in [4.69, 9.17) is 48.9 Å². The van der Waals surface area contributed by atoms with Gasteiger partial charge in [0.05, 0.1) is 7.11 Å². The molecule has 0 heterocycles. The molecule has 1 aromatic rings. The standard InChI is InChI=1S/C7H7N2O.4ClH.Zn/c1-10-7-4-2-6(9-8)3-5-7;;;;;/h2-5H,1H3;4*1H;/q+1;;;;;+2/p-4. The summed E-state index contributed by atoms with van der Waals surface area (Å²) in [5.74, 6) is 0.757. The van der Waals surface area contributed by atoms with Crippen LogP contribution in [0.5, 0.6) is 5.75 Å². The molecule has 0 amide bonds. The molecule has 0 bridgehead atoms. The van der Waals surface area contributed by atoms with Gasteiger partial charge in [0.15, 0.2) is 4.98 Å². The Balaban J connectivity index is 0.000000336. The van der Waals surface area contributed by atoms with E-state index < -0.39 is 10.8 Å². The van der Waals surface area contributed by atoms with Gasteiger partial charge in [0.2, 0.25) is 5.39 Å². The van der Waals surface area contributed by atoms with E-state index >= 15 is 0 Å². The number of hydrogen-bond donors (Lipinski definition) is 0. The third kappa shape index (κ3) is 10.5. The normalized spacial score (nSPS) is 9.60. The Kier molecular flexibility index (Phi) is 7.60. The van der Waals surface area contributed by atoms with Crippen LogP contribution in [0.2, 0.25) is 0 Å². The first-order valence-electron chi connectivity index (χ1n) is 3.93. The Bertz CT molecular complexity index is 326. The van der Waals surface area contributed by atoms with Crippen LogP contribution in [0.4, 0.5) is 5.69 Å². The summed E-state index contributed by atoms with van der Waals surface area (Å²) in [5.41, 5.74) is 0.529. The Morgan fingerprint density at radius 3 is 1.80 bits per heavy atom. The number of ether oxygens (including phenoxy) is 1. The maximum atomic E-state index is 8.29. The molecule has 0 N–H and O–H groups in total. The fourth-order valence-electron chi connectivity index (χ4n) is 0.649. The summed E-state index contributed by atoms with van der Waals surface area (Å²) in [5, 5.41) is 8.29. The van der Waals surface area contributed by atoms with Crippen molar-refractivity contribution in [3.63, 3.8) is 0 Å². The van der Waals surface area contributed by atoms with Gasteiger partial charge in [-0.2, -0.15) is 0 Å². The summed E-state index contributed by atoms with van der Waals surface area (Å²) in [6.45, 7) is 0. The fourth-order valence-corrected chi connectivity index (χ4v) is 0.649. The Hall–Kier alpha value is 0.223. The van der Waals surface area contributed by atoms with Crippen LogP contribution >= 0.6 is 38.8 Å². The molecule has 0 unspecified atom stereocenters. The van der Waals surface area contributed by atoms with Gasteiger partial charge in [0.25, 0.3) is 0 Å². The van der Waals surface area contributed by atoms with Crippen molar-refractivity contribution >= 4 is 44.5 Å². The van der Waals surface area contributed by atoms with Crippen molar-refractivity contribution in [1.82, 2.24) is 0 Å². The number of methoxy groups -OCH3 is 1. The summed E-state index contributed by atoms with van der Waals surface area (Å²) in [7, 11) is 18.4. The summed E-state index contributed by atoms with van der Waals surface area (Å²) in [6.07, 6.45) is 0. The molecular formula is C7H7Cl4N2OZn-. The molecule has 0 fully saturated rings. The molecule has 1 rings (SSSR count). The van der Waals surface area contributed by atoms with Crippen LogP contribution in [0.15, 0.2) is 24.3 Å². The van der Waals surface area contributed by atoms with Gasteiger partial charge in [-0.25, -0.2) is 0 Å². The van der Waals surface area contributed by atoms with Crippen LogP contribution in [0.1, 0.15) is 0 Å². The summed E-state index contributed by atoms with van der Waals surface area (Å²) >= 11 is 0. The molecule has 0 aliphatic carbocycles. The van der Waals surface area contributed by atoms with Crippen LogP contribution in [-0.4, -0.2) is 7.11 Å². The van der Waals surface area contributed by atoms with Crippen LogP contribution in [0.25, 0.3) is 4.98 Å². The minimum absolute atomic E-state index is 0.529. The molecule has 1 aromatic carbocycles. The number of halogens is 4. The Morgan fingerprint density at radius 1 is 1.13 bits per heavy atom. The third-order valence-corrected chi connectivity index (χ3v) is 1.19. The zero-order chi connectivity index (χ0) is 11.9. The first-order chi connectivity index (χ1) is 6.86. The van der Waals surface area contributed by atoms with Crippen molar-refractivity contribution in [2.45, 2.75) is 0 Å². The second-order valence-electron chi connectivity index (χ2n) is 2.40. The molecule has 3 nitrogen and oxygen atoms in total. The summed E-state index contributed by atoms with van der Waals surface area (Å²) in [6, 6.07) is 6.79. The average molecular weight is 342 g/mol. The predicted octanol–water partition coefficient (Wildman–Crippen LogP) is 4.94. The van der Waals surface area contributed by atoms with E-state index in [1.165, 1.54) is 0 Å². The monoisotopic (exact) mass is 339 g/mol. The molecule has 15 heavy (non-hydrogen) atoms. The second kappa shape index (κ2) is 7.49. The topological polar surface area (TPSA) is 37.4 Å². The Morgan fingerprint density at radius 2 is 1.53 bits per heavy atom. The average Bonchev–Trinajstić information content (AvgIpc) is 2.15. The number of hydrogen-bond acceptors (Lipinski definition) is 2. The number of benzene rings is 1. The maximum absolute atomic E-state index is 8.29. The van der Waals surface area contributed by atoms with Gasteiger partial charge in [0.1, 0.15) is 5.75 Å². The number of diazo groups is 1. The van der Waals surface area contributed by atoms with Crippen molar-refractivity contribution < 1.29 is 15.5 Å². The van der Waals surface area contributed by atoms with Crippen molar-refractivity contribution in [3.8, 4) is 5.75 Å². The van der Waals surface area contributed by atoms with E-state index in [0.29, 0.717) is 5.69 Å². The van der Waals surface area contributed by atoms with Crippen LogP contribution in [-0.2, 0) is 10.8 Å². The van der Waals surface area contributed by atoms with Gasteiger partial charge in [0, 0.05) is 12.1 Å². The quantitative estimate of drug-likeness (QED) is 0.536. The summed E-state index contributed by atoms with van der Waals surface area (Å²) in [4.78, 5) is 2.99. The van der Waals surface area contributed by atoms with Crippen molar-refractivity contribution in [2.24, 2.45) is 0 Å². The molecule has 0 aromatic heterocycles. The summed E-state index contributed by atoms with van der Waals surface area (Å²) < 4.78 is 4.89. The van der Waals surface area contributed by atoms with Gasteiger partial charge in [-0.1, -0.05) is 0 Å². The van der Waals surface area contributed by atoms with Crippen LogP contribution in [0.3, 0.4) is 0 Å². The second-order valence-corrected chi connectivity index (χ2v) is 30.1. The van der Waals surface area contributed by atoms with Crippen molar-refractivity contribution in [3.05, 3.63) is 29.2 Å². The van der Waals surface area contributed by atoms with Crippen LogP contribution in [0, 0.1) is 5.39 Å². The van der Waals surface area contributed by atoms with Gasteiger partial charge in [-0.05, 0) is 12.1 Å². The Labute approximate surface area is 107 Å². The van der Waals surface area contributed by atoms with Gasteiger partial charge >= 0.3 is 55.3 Å². The van der Waals surface area contributed by atoms with Gasteiger partial charge in [-0.3, -0.25) is 0 Å². The third-order valence-electron chi connectivity index (χ3n) is 1.19. The van der Waals surface area contributed by atoms with E-state index in [-0.39, 0.29) is 0 Å². The van der Waals surface area contributed by atoms with Crippen molar-refractivity contribution in [1.29, 1.82) is 5.39 Å². The zero-order valence-corrected chi connectivity index (χ0v) is 13.8. The molecule has 0 radical (unpaired) electrons. The molecule has 0 saturated carbocycles. The van der Waals surface area contributed by atoms with Gasteiger partial charge < -0.3 is 4.74 Å². The van der Waals surface area contributed by atoms with Gasteiger partial charge in [-0.15, -0.1) is 0 Å². The van der Waals surface area contributed by atoms with Crippen molar-refractivity contribution in [2.75, 3.05) is 7.11 Å². The molecule has 0 saturated heterocycles. The molecule has 0 atom stereocenters. The SMILES string of the molecule is COc1ccc([N+]#N)cc1.[Cl][Zn-2]([Cl])([Cl])[Cl]. The van der Waals surface area contributed by atoms with E-state index in [0.717, 1.165) is 5.75 Å². The van der Waals surface area contributed by atoms with E-state index in [2.05, 4.69) is 4.98 Å². The predicted molar refractivity (Wildman–Crippen MR) is 61.2 cm³/mol. The fraction of sp³-hybridized carbons (Fsp3) is 0.143. The van der Waals surface area contributed by atoms with Crippen LogP contribution < -0.4 is 4.74 Å². The molecule has 8 heteroatoms. The minimum atomic E-state index is -3.36. The first-order valence-corrected chi connectivity index (χ1v) is 19.5. The number of nitrogens with zero attached hydrogens (tertiary/aromatic N) is 2. The molecule has 0 aliphatic rings.